The van der Waals surface area contributed by atoms with Gasteiger partial charge in [0.2, 0.25) is 17.7 Å². The normalized spacial score (nSPS) is 25.9. The van der Waals surface area contributed by atoms with Crippen molar-refractivity contribution in [3.63, 3.8) is 0 Å². The predicted octanol–water partition coefficient (Wildman–Crippen LogP) is 4.73. The van der Waals surface area contributed by atoms with Gasteiger partial charge < -0.3 is 29.3 Å². The van der Waals surface area contributed by atoms with Crippen molar-refractivity contribution in [2.75, 3.05) is 37.7 Å². The lowest BCUT2D eigenvalue weighted by Crippen LogP contribution is -2.58. The molecular weight excluding hydrogens is 558 g/mol. The SMILES string of the molecule is C=CCN(C(=O)[C@@H]1[C@H]2C(=O)N(CCCCCCO)C(C(=O)N(CC=C)C(C)CCC)C23CC[C@H]1O3)c1ccc(OCC)cc1. The van der Waals surface area contributed by atoms with Crippen LogP contribution >= 0.6 is 0 Å². The fourth-order valence-electron chi connectivity index (χ4n) is 7.58. The molecule has 4 rings (SSSR count). The fourth-order valence-corrected chi connectivity index (χ4v) is 7.58. The van der Waals surface area contributed by atoms with Gasteiger partial charge in [0.25, 0.3) is 0 Å². The van der Waals surface area contributed by atoms with Gasteiger partial charge in [-0.3, -0.25) is 14.4 Å². The summed E-state index contributed by atoms with van der Waals surface area (Å²) in [6.45, 7) is 15.6. The van der Waals surface area contributed by atoms with E-state index in [4.69, 9.17) is 9.47 Å². The number of carbonyl (C=O) groups is 3. The van der Waals surface area contributed by atoms with E-state index in [-0.39, 0.29) is 36.9 Å². The Morgan fingerprint density at radius 3 is 2.45 bits per heavy atom. The number of nitrogens with zero attached hydrogens (tertiary/aromatic N) is 3. The summed E-state index contributed by atoms with van der Waals surface area (Å²) in [6.07, 6.45) is 9.01. The predicted molar refractivity (Wildman–Crippen MR) is 171 cm³/mol. The minimum atomic E-state index is -1.05. The molecule has 3 aliphatic rings. The number of benzene rings is 1. The van der Waals surface area contributed by atoms with Gasteiger partial charge in [-0.15, -0.1) is 13.2 Å². The molecule has 242 valence electrons. The molecule has 9 nitrogen and oxygen atoms in total. The number of amides is 3. The van der Waals surface area contributed by atoms with Gasteiger partial charge in [-0.05, 0) is 70.2 Å². The largest absolute Gasteiger partial charge is 0.494 e. The first kappa shape index (κ1) is 33.7. The maximum Gasteiger partial charge on any atom is 0.248 e. The zero-order valence-electron chi connectivity index (χ0n) is 26.8. The van der Waals surface area contributed by atoms with Crippen molar-refractivity contribution in [2.45, 2.75) is 95.9 Å². The molecule has 1 N–H and O–H groups in total. The number of hydrogen-bond donors (Lipinski definition) is 1. The van der Waals surface area contributed by atoms with Crippen LogP contribution < -0.4 is 9.64 Å². The maximum absolute atomic E-state index is 14.5. The van der Waals surface area contributed by atoms with Gasteiger partial charge in [-0.2, -0.15) is 0 Å². The van der Waals surface area contributed by atoms with E-state index in [2.05, 4.69) is 20.1 Å². The first-order valence-corrected chi connectivity index (χ1v) is 16.4. The number of ether oxygens (including phenoxy) is 2. The van der Waals surface area contributed by atoms with Gasteiger partial charge in [0.05, 0.1) is 24.5 Å². The number of rotatable bonds is 18. The maximum atomic E-state index is 14.5. The summed E-state index contributed by atoms with van der Waals surface area (Å²) >= 11 is 0. The molecule has 44 heavy (non-hydrogen) atoms. The van der Waals surface area contributed by atoms with Gasteiger partial charge in [-0.25, -0.2) is 0 Å². The molecule has 3 heterocycles. The molecule has 3 unspecified atom stereocenters. The first-order chi connectivity index (χ1) is 21.3. The van der Waals surface area contributed by atoms with Crippen LogP contribution in [0.25, 0.3) is 0 Å². The number of fused-ring (bicyclic) bond motifs is 1. The summed E-state index contributed by atoms with van der Waals surface area (Å²) in [7, 11) is 0. The van der Waals surface area contributed by atoms with Crippen molar-refractivity contribution in [3.8, 4) is 5.75 Å². The number of carbonyl (C=O) groups excluding carboxylic acids is 3. The van der Waals surface area contributed by atoms with Crippen molar-refractivity contribution < 1.29 is 29.0 Å². The summed E-state index contributed by atoms with van der Waals surface area (Å²) in [5.74, 6) is -1.19. The number of hydrogen-bond acceptors (Lipinski definition) is 6. The molecule has 0 radical (unpaired) electrons. The number of aliphatic hydroxyl groups excluding tert-OH is 1. The van der Waals surface area contributed by atoms with Crippen LogP contribution in [0.1, 0.15) is 72.1 Å². The lowest BCUT2D eigenvalue weighted by atomic mass is 9.70. The van der Waals surface area contributed by atoms with Crippen LogP contribution in [0.3, 0.4) is 0 Å². The third-order valence-corrected chi connectivity index (χ3v) is 9.51. The number of anilines is 1. The summed E-state index contributed by atoms with van der Waals surface area (Å²) in [6, 6.07) is 6.54. The lowest BCUT2D eigenvalue weighted by molar-refractivity contribution is -0.149. The van der Waals surface area contributed by atoms with E-state index in [1.165, 1.54) is 0 Å². The molecular formula is C35H51N3O6. The summed E-state index contributed by atoms with van der Waals surface area (Å²) in [4.78, 5) is 48.6. The minimum Gasteiger partial charge on any atom is -0.494 e. The van der Waals surface area contributed by atoms with Gasteiger partial charge in [0, 0.05) is 38.0 Å². The Kier molecular flexibility index (Phi) is 11.7. The molecule has 1 aromatic carbocycles. The second kappa shape index (κ2) is 15.2. The molecule has 3 aliphatic heterocycles. The quantitative estimate of drug-likeness (QED) is 0.191. The molecule has 3 saturated heterocycles. The Morgan fingerprint density at radius 1 is 1.11 bits per heavy atom. The topological polar surface area (TPSA) is 99.6 Å². The van der Waals surface area contributed by atoms with Crippen molar-refractivity contribution in [1.82, 2.24) is 9.80 Å². The highest BCUT2D eigenvalue weighted by molar-refractivity contribution is 6.03. The first-order valence-electron chi connectivity index (χ1n) is 16.4. The molecule has 1 spiro atoms. The number of unbranched alkanes of at least 4 members (excludes halogenated alkanes) is 3. The smallest absolute Gasteiger partial charge is 0.248 e. The highest BCUT2D eigenvalue weighted by atomic mass is 16.5. The fraction of sp³-hybridized carbons (Fsp3) is 0.629. The third-order valence-electron chi connectivity index (χ3n) is 9.51. The average Bonchev–Trinajstić information content (AvgIpc) is 3.66. The van der Waals surface area contributed by atoms with E-state index in [1.54, 1.807) is 22.0 Å². The van der Waals surface area contributed by atoms with E-state index in [0.717, 1.165) is 25.7 Å². The standard InChI is InChI=1S/C35H51N3O6/c1-6-14-25(5)36(21-7-2)34(42)31-35-20-19-28(44-35)29(30(35)33(41)38(31)23-12-10-11-13-24-39)32(40)37(22-8-3)26-15-17-27(18-16-26)43-9-4/h7-8,15-18,25,28-31,39H,2-3,6,9-14,19-24H2,1,4-5H3/t25?,28-,29+,30+,31?,35?/m1/s1. The van der Waals surface area contributed by atoms with Gasteiger partial charge in [0.15, 0.2) is 0 Å². The summed E-state index contributed by atoms with van der Waals surface area (Å²) in [5, 5.41) is 9.22. The molecule has 2 bridgehead atoms. The van der Waals surface area contributed by atoms with E-state index in [9.17, 15) is 19.5 Å². The van der Waals surface area contributed by atoms with Crippen molar-refractivity contribution in [2.24, 2.45) is 11.8 Å². The van der Waals surface area contributed by atoms with Gasteiger partial charge in [-0.1, -0.05) is 38.3 Å². The zero-order valence-corrected chi connectivity index (χ0v) is 26.8. The minimum absolute atomic E-state index is 0.0266. The van der Waals surface area contributed by atoms with Crippen LogP contribution in [0.15, 0.2) is 49.6 Å². The van der Waals surface area contributed by atoms with Gasteiger partial charge >= 0.3 is 0 Å². The van der Waals surface area contributed by atoms with E-state index in [1.807, 2.05) is 43.0 Å². The Morgan fingerprint density at radius 2 is 1.82 bits per heavy atom. The Hall–Kier alpha value is -3.17. The second-order valence-corrected chi connectivity index (χ2v) is 12.3. The average molecular weight is 610 g/mol. The van der Waals surface area contributed by atoms with Crippen LogP contribution in [-0.2, 0) is 19.1 Å². The zero-order chi connectivity index (χ0) is 31.9. The molecule has 1 aromatic rings. The lowest BCUT2D eigenvalue weighted by Gasteiger charge is -2.39. The van der Waals surface area contributed by atoms with Gasteiger partial charge in [0.1, 0.15) is 17.4 Å². The second-order valence-electron chi connectivity index (χ2n) is 12.3. The van der Waals surface area contributed by atoms with E-state index >= 15 is 0 Å². The van der Waals surface area contributed by atoms with Crippen LogP contribution in [0.4, 0.5) is 5.69 Å². The third kappa shape index (κ3) is 6.45. The summed E-state index contributed by atoms with van der Waals surface area (Å²) < 4.78 is 12.3. The van der Waals surface area contributed by atoms with Crippen LogP contribution in [-0.4, -0.2) is 89.3 Å². The molecule has 3 fully saturated rings. The molecule has 0 saturated carbocycles. The number of likely N-dealkylation sites (tertiary alicyclic amines) is 1. The molecule has 9 heteroatoms. The van der Waals surface area contributed by atoms with Crippen molar-refractivity contribution in [3.05, 3.63) is 49.6 Å². The Bertz CT molecular complexity index is 1170. The van der Waals surface area contributed by atoms with Crippen LogP contribution in [0, 0.1) is 11.8 Å². The number of aliphatic hydroxyl groups is 1. The van der Waals surface area contributed by atoms with E-state index in [0.29, 0.717) is 56.8 Å². The highest BCUT2D eigenvalue weighted by Gasteiger charge is 2.75. The Balaban J connectivity index is 1.69. The van der Waals surface area contributed by atoms with E-state index < -0.39 is 29.6 Å². The Labute approximate surface area is 262 Å². The highest BCUT2D eigenvalue weighted by Crippen LogP contribution is 2.59. The molecule has 6 atom stereocenters. The van der Waals surface area contributed by atoms with Crippen LogP contribution in [0.2, 0.25) is 0 Å². The summed E-state index contributed by atoms with van der Waals surface area (Å²) in [5.41, 5.74) is -0.353. The molecule has 0 aliphatic carbocycles. The van der Waals surface area contributed by atoms with Crippen molar-refractivity contribution in [1.29, 1.82) is 0 Å². The molecule has 3 amide bonds. The van der Waals surface area contributed by atoms with Crippen molar-refractivity contribution >= 4 is 23.4 Å². The monoisotopic (exact) mass is 609 g/mol. The van der Waals surface area contributed by atoms with Crippen LogP contribution in [0.5, 0.6) is 5.75 Å². The molecule has 0 aromatic heterocycles.